The molecule has 0 radical (unpaired) electrons. The van der Waals surface area contributed by atoms with Gasteiger partial charge in [0.05, 0.1) is 39.5 Å². The fourth-order valence-corrected chi connectivity index (χ4v) is 4.67. The monoisotopic (exact) mass is 460 g/mol. The number of hydrogen-bond donors (Lipinski definition) is 0. The van der Waals surface area contributed by atoms with Gasteiger partial charge in [0.1, 0.15) is 0 Å². The second-order valence-corrected chi connectivity index (χ2v) is 8.34. The summed E-state index contributed by atoms with van der Waals surface area (Å²) < 4.78 is 16.3. The molecule has 0 amide bonds. The number of nitrogens with zero attached hydrogens (tertiary/aromatic N) is 2. The molecule has 1 fully saturated rings. The van der Waals surface area contributed by atoms with E-state index in [4.69, 9.17) is 14.2 Å². The van der Waals surface area contributed by atoms with Crippen molar-refractivity contribution in [2.75, 3.05) is 54.1 Å². The summed E-state index contributed by atoms with van der Waals surface area (Å²) in [6, 6.07) is 24.9. The van der Waals surface area contributed by atoms with Gasteiger partial charge >= 0.3 is 0 Å². The summed E-state index contributed by atoms with van der Waals surface area (Å²) in [5.74, 6) is 1.40. The highest BCUT2D eigenvalue weighted by atomic mass is 16.5. The highest BCUT2D eigenvalue weighted by Crippen LogP contribution is 2.40. The van der Waals surface area contributed by atoms with Crippen molar-refractivity contribution in [3.8, 4) is 17.2 Å². The van der Waals surface area contributed by atoms with Crippen molar-refractivity contribution in [1.29, 1.82) is 0 Å². The number of methoxy groups -OCH3 is 3. The molecule has 1 aliphatic heterocycles. The second-order valence-electron chi connectivity index (χ2n) is 8.34. The van der Waals surface area contributed by atoms with Crippen LogP contribution in [0, 0.1) is 0 Å². The van der Waals surface area contributed by atoms with Gasteiger partial charge < -0.3 is 14.2 Å². The predicted octanol–water partition coefficient (Wildman–Crippen LogP) is 4.30. The molecule has 3 aromatic carbocycles. The maximum absolute atomic E-state index is 13.2. The van der Waals surface area contributed by atoms with Gasteiger partial charge in [-0.1, -0.05) is 60.7 Å². The number of Topliss-reactive ketones (excluding diaryl/α,β-unsaturated/α-hetero) is 1. The Morgan fingerprint density at radius 2 is 1.29 bits per heavy atom. The zero-order valence-corrected chi connectivity index (χ0v) is 20.1. The van der Waals surface area contributed by atoms with Crippen LogP contribution in [-0.2, 0) is 0 Å². The Labute approximate surface area is 201 Å². The molecule has 178 valence electrons. The summed E-state index contributed by atoms with van der Waals surface area (Å²) >= 11 is 0. The molecule has 0 N–H and O–H groups in total. The summed E-state index contributed by atoms with van der Waals surface area (Å²) in [4.78, 5) is 17.9. The maximum atomic E-state index is 13.2. The number of benzene rings is 3. The quantitative estimate of drug-likeness (QED) is 0.444. The number of carbonyl (C=O) groups is 1. The van der Waals surface area contributed by atoms with Crippen LogP contribution in [0.2, 0.25) is 0 Å². The first-order valence-corrected chi connectivity index (χ1v) is 11.5. The fraction of sp³-hybridized carbons (Fsp3) is 0.321. The van der Waals surface area contributed by atoms with Gasteiger partial charge in [0.2, 0.25) is 5.75 Å². The smallest absolute Gasteiger partial charge is 0.204 e. The molecular weight excluding hydrogens is 428 g/mol. The number of piperazine rings is 1. The molecule has 0 spiro atoms. The minimum atomic E-state index is 0.00826. The lowest BCUT2D eigenvalue weighted by atomic mass is 9.96. The van der Waals surface area contributed by atoms with Crippen molar-refractivity contribution in [3.63, 3.8) is 0 Å². The molecule has 0 bridgehead atoms. The number of carbonyl (C=O) groups excluding carboxylic acids is 1. The highest BCUT2D eigenvalue weighted by molar-refractivity contribution is 6.01. The zero-order chi connectivity index (χ0) is 23.9. The summed E-state index contributed by atoms with van der Waals surface area (Å²) in [6.07, 6.45) is 0. The molecule has 1 aliphatic rings. The van der Waals surface area contributed by atoms with E-state index in [1.165, 1.54) is 11.1 Å². The average Bonchev–Trinajstić information content (AvgIpc) is 2.90. The number of ether oxygens (including phenoxy) is 3. The van der Waals surface area contributed by atoms with Crippen LogP contribution in [-0.4, -0.2) is 69.6 Å². The Morgan fingerprint density at radius 3 is 1.79 bits per heavy atom. The van der Waals surface area contributed by atoms with Gasteiger partial charge in [-0.05, 0) is 23.3 Å². The molecule has 0 atom stereocenters. The normalized spacial score (nSPS) is 14.7. The van der Waals surface area contributed by atoms with Crippen LogP contribution in [0.1, 0.15) is 27.5 Å². The minimum Gasteiger partial charge on any atom is -0.493 e. The standard InChI is InChI=1S/C28H32N2O4/c1-32-25-15-14-23(27(33-2)28(25)34-3)24(31)20-29-16-18-30(19-17-29)26(21-10-6-4-7-11-21)22-12-8-5-9-13-22/h4-15,26H,16-20H2,1-3H3. The van der Waals surface area contributed by atoms with Crippen molar-refractivity contribution >= 4 is 5.78 Å². The fourth-order valence-electron chi connectivity index (χ4n) is 4.67. The van der Waals surface area contributed by atoms with Crippen LogP contribution in [0.3, 0.4) is 0 Å². The van der Waals surface area contributed by atoms with E-state index in [0.717, 1.165) is 26.2 Å². The number of rotatable bonds is 9. The van der Waals surface area contributed by atoms with E-state index in [1.54, 1.807) is 33.5 Å². The first-order valence-electron chi connectivity index (χ1n) is 11.5. The SMILES string of the molecule is COc1ccc(C(=O)CN2CCN(C(c3ccccc3)c3ccccc3)CC2)c(OC)c1OC. The molecule has 3 aromatic rings. The summed E-state index contributed by atoms with van der Waals surface area (Å²) in [6.45, 7) is 3.73. The largest absolute Gasteiger partial charge is 0.493 e. The lowest BCUT2D eigenvalue weighted by molar-refractivity contribution is 0.0805. The van der Waals surface area contributed by atoms with Crippen molar-refractivity contribution in [1.82, 2.24) is 9.80 Å². The zero-order valence-electron chi connectivity index (χ0n) is 20.1. The van der Waals surface area contributed by atoms with Crippen LogP contribution >= 0.6 is 0 Å². The molecule has 0 aliphatic carbocycles. The molecular formula is C28H32N2O4. The third kappa shape index (κ3) is 5.08. The van der Waals surface area contributed by atoms with Crippen molar-refractivity contribution in [3.05, 3.63) is 89.5 Å². The Hall–Kier alpha value is -3.35. The first kappa shape index (κ1) is 23.8. The Kier molecular flexibility index (Phi) is 7.83. The van der Waals surface area contributed by atoms with Crippen LogP contribution in [0.15, 0.2) is 72.8 Å². The average molecular weight is 461 g/mol. The third-order valence-electron chi connectivity index (χ3n) is 6.37. The molecule has 0 saturated carbocycles. The van der Waals surface area contributed by atoms with E-state index < -0.39 is 0 Å². The van der Waals surface area contributed by atoms with E-state index in [9.17, 15) is 4.79 Å². The van der Waals surface area contributed by atoms with Crippen LogP contribution < -0.4 is 14.2 Å². The van der Waals surface area contributed by atoms with Crippen molar-refractivity contribution in [2.45, 2.75) is 6.04 Å². The van der Waals surface area contributed by atoms with Gasteiger partial charge in [-0.15, -0.1) is 0 Å². The topological polar surface area (TPSA) is 51.2 Å². The summed E-state index contributed by atoms with van der Waals surface area (Å²) in [5.41, 5.74) is 3.08. The van der Waals surface area contributed by atoms with E-state index in [-0.39, 0.29) is 11.8 Å². The molecule has 0 unspecified atom stereocenters. The van der Waals surface area contributed by atoms with Gasteiger partial charge in [0.15, 0.2) is 17.3 Å². The lowest BCUT2D eigenvalue weighted by Crippen LogP contribution is -2.49. The summed E-state index contributed by atoms with van der Waals surface area (Å²) in [7, 11) is 4.65. The van der Waals surface area contributed by atoms with E-state index >= 15 is 0 Å². The predicted molar refractivity (Wildman–Crippen MR) is 133 cm³/mol. The highest BCUT2D eigenvalue weighted by Gasteiger charge is 2.28. The molecule has 0 aromatic heterocycles. The summed E-state index contributed by atoms with van der Waals surface area (Å²) in [5, 5.41) is 0. The number of ketones is 1. The molecule has 6 heteroatoms. The van der Waals surface area contributed by atoms with E-state index in [0.29, 0.717) is 29.4 Å². The van der Waals surface area contributed by atoms with Crippen LogP contribution in [0.4, 0.5) is 0 Å². The number of hydrogen-bond acceptors (Lipinski definition) is 6. The Bertz CT molecular complexity index is 1040. The minimum absolute atomic E-state index is 0.00826. The molecule has 6 nitrogen and oxygen atoms in total. The van der Waals surface area contributed by atoms with Gasteiger partial charge in [0.25, 0.3) is 0 Å². The van der Waals surface area contributed by atoms with Crippen LogP contribution in [0.25, 0.3) is 0 Å². The van der Waals surface area contributed by atoms with Gasteiger partial charge in [-0.25, -0.2) is 0 Å². The Morgan fingerprint density at radius 1 is 0.735 bits per heavy atom. The third-order valence-corrected chi connectivity index (χ3v) is 6.37. The van der Waals surface area contributed by atoms with Crippen molar-refractivity contribution < 1.29 is 19.0 Å². The van der Waals surface area contributed by atoms with Crippen LogP contribution in [0.5, 0.6) is 17.2 Å². The van der Waals surface area contributed by atoms with E-state index in [2.05, 4.69) is 70.5 Å². The molecule has 1 saturated heterocycles. The van der Waals surface area contributed by atoms with Gasteiger partial charge in [-0.3, -0.25) is 14.6 Å². The molecule has 4 rings (SSSR count). The maximum Gasteiger partial charge on any atom is 0.204 e. The Balaban J connectivity index is 1.46. The van der Waals surface area contributed by atoms with Gasteiger partial charge in [-0.2, -0.15) is 0 Å². The van der Waals surface area contributed by atoms with E-state index in [1.807, 2.05) is 0 Å². The molecule has 1 heterocycles. The first-order chi connectivity index (χ1) is 16.7. The van der Waals surface area contributed by atoms with Crippen molar-refractivity contribution in [2.24, 2.45) is 0 Å². The second kappa shape index (κ2) is 11.2. The lowest BCUT2D eigenvalue weighted by Gasteiger charge is -2.39. The van der Waals surface area contributed by atoms with Gasteiger partial charge in [0, 0.05) is 26.2 Å². The molecule has 34 heavy (non-hydrogen) atoms.